The minimum absolute atomic E-state index is 0.165. The van der Waals surface area contributed by atoms with Gasteiger partial charge in [-0.25, -0.2) is 4.79 Å². The third kappa shape index (κ3) is 8.80. The number of piperazine rings is 1. The van der Waals surface area contributed by atoms with Gasteiger partial charge in [0.25, 0.3) is 0 Å². The van der Waals surface area contributed by atoms with Crippen LogP contribution in [0, 0.1) is 0 Å². The average Bonchev–Trinajstić information content (AvgIpc) is 2.43. The number of amides is 1. The number of hydrogen-bond donors (Lipinski definition) is 1. The van der Waals surface area contributed by atoms with E-state index in [2.05, 4.69) is 4.99 Å². The first-order valence-electron chi connectivity index (χ1n) is 8.15. The van der Waals surface area contributed by atoms with Crippen molar-refractivity contribution in [1.82, 2.24) is 14.7 Å². The van der Waals surface area contributed by atoms with Gasteiger partial charge in [0.1, 0.15) is 5.60 Å². The van der Waals surface area contributed by atoms with Gasteiger partial charge < -0.3 is 20.3 Å². The number of nitrogens with two attached hydrogens (primary N) is 1. The van der Waals surface area contributed by atoms with Crippen molar-refractivity contribution in [2.45, 2.75) is 32.5 Å². The lowest BCUT2D eigenvalue weighted by Gasteiger charge is -2.36. The van der Waals surface area contributed by atoms with E-state index < -0.39 is 18.3 Å². The second kappa shape index (κ2) is 8.59. The number of rotatable bonds is 4. The fourth-order valence-electron chi connectivity index (χ4n) is 2.26. The van der Waals surface area contributed by atoms with Crippen LogP contribution in [0.5, 0.6) is 0 Å². The Hall–Kier alpha value is -1.71. The molecule has 0 radical (unpaired) electrons. The summed E-state index contributed by atoms with van der Waals surface area (Å²) in [6.07, 6.45) is -4.58. The molecule has 1 aliphatic rings. The highest BCUT2D eigenvalue weighted by Crippen LogP contribution is 2.15. The molecule has 0 unspecified atom stereocenters. The summed E-state index contributed by atoms with van der Waals surface area (Å²) in [6, 6.07) is 0. The van der Waals surface area contributed by atoms with Crippen LogP contribution in [0.4, 0.5) is 18.0 Å². The van der Waals surface area contributed by atoms with Crippen LogP contribution >= 0.6 is 0 Å². The number of carbonyl (C=O) groups is 1. The van der Waals surface area contributed by atoms with Crippen LogP contribution < -0.4 is 5.73 Å². The molecule has 0 aromatic heterocycles. The van der Waals surface area contributed by atoms with E-state index in [1.807, 2.05) is 25.7 Å². The quantitative estimate of drug-likeness (QED) is 0.600. The van der Waals surface area contributed by atoms with Crippen molar-refractivity contribution in [2.75, 3.05) is 52.9 Å². The molecule has 0 aromatic rings. The third-order valence-corrected chi connectivity index (χ3v) is 3.46. The lowest BCUT2D eigenvalue weighted by molar-refractivity contribution is -0.142. The Bertz CT molecular complexity index is 469. The molecule has 0 saturated carbocycles. The molecule has 7 nitrogen and oxygen atoms in total. The van der Waals surface area contributed by atoms with E-state index in [0.717, 1.165) is 4.90 Å². The number of nitrogens with zero attached hydrogens (tertiary/aromatic N) is 4. The lowest BCUT2D eigenvalue weighted by Crippen LogP contribution is -2.53. The largest absolute Gasteiger partial charge is 0.444 e. The SMILES string of the molecule is CN(CCN=C(N)N1CCN(C(=O)OC(C)(C)C)CC1)CC(F)(F)F. The first-order chi connectivity index (χ1) is 11.4. The third-order valence-electron chi connectivity index (χ3n) is 3.46. The molecule has 0 bridgehead atoms. The molecule has 1 heterocycles. The molecule has 0 aliphatic carbocycles. The maximum Gasteiger partial charge on any atom is 0.410 e. The van der Waals surface area contributed by atoms with Gasteiger partial charge in [-0.1, -0.05) is 0 Å². The highest BCUT2D eigenvalue weighted by Gasteiger charge is 2.29. The normalized spacial score (nSPS) is 17.2. The van der Waals surface area contributed by atoms with Gasteiger partial charge in [-0.3, -0.25) is 9.89 Å². The van der Waals surface area contributed by atoms with Crippen LogP contribution in [-0.2, 0) is 4.74 Å². The van der Waals surface area contributed by atoms with Gasteiger partial charge in [0.2, 0.25) is 0 Å². The zero-order valence-electron chi connectivity index (χ0n) is 15.3. The van der Waals surface area contributed by atoms with Gasteiger partial charge >= 0.3 is 12.3 Å². The topological polar surface area (TPSA) is 74.4 Å². The van der Waals surface area contributed by atoms with Crippen LogP contribution in [0.15, 0.2) is 4.99 Å². The molecule has 1 fully saturated rings. The highest BCUT2D eigenvalue weighted by atomic mass is 19.4. The van der Waals surface area contributed by atoms with Crippen LogP contribution in [0.2, 0.25) is 0 Å². The first kappa shape index (κ1) is 21.3. The van der Waals surface area contributed by atoms with Gasteiger partial charge in [0.15, 0.2) is 5.96 Å². The van der Waals surface area contributed by atoms with E-state index in [1.165, 1.54) is 7.05 Å². The van der Waals surface area contributed by atoms with E-state index in [9.17, 15) is 18.0 Å². The molecule has 25 heavy (non-hydrogen) atoms. The van der Waals surface area contributed by atoms with Crippen molar-refractivity contribution in [3.8, 4) is 0 Å². The molecule has 10 heteroatoms. The summed E-state index contributed by atoms with van der Waals surface area (Å²) in [4.78, 5) is 20.7. The molecule has 1 aliphatic heterocycles. The second-order valence-electron chi connectivity index (χ2n) is 7.05. The summed E-state index contributed by atoms with van der Waals surface area (Å²) in [7, 11) is 1.39. The predicted molar refractivity (Wildman–Crippen MR) is 89.4 cm³/mol. The number of ether oxygens (including phenoxy) is 1. The summed E-state index contributed by atoms with van der Waals surface area (Å²) in [6.45, 7) is 6.72. The number of carbonyl (C=O) groups excluding carboxylic acids is 1. The van der Waals surface area contributed by atoms with Gasteiger partial charge in [-0.05, 0) is 27.8 Å². The van der Waals surface area contributed by atoms with Crippen LogP contribution in [0.1, 0.15) is 20.8 Å². The smallest absolute Gasteiger partial charge is 0.410 e. The number of aliphatic imine (C=N–C) groups is 1. The molecule has 0 aromatic carbocycles. The Morgan fingerprint density at radius 2 is 1.68 bits per heavy atom. The summed E-state index contributed by atoms with van der Waals surface area (Å²) in [5.41, 5.74) is 5.34. The van der Waals surface area contributed by atoms with Gasteiger partial charge in [-0.2, -0.15) is 13.2 Å². The van der Waals surface area contributed by atoms with Crippen molar-refractivity contribution in [2.24, 2.45) is 10.7 Å². The molecule has 0 spiro atoms. The highest BCUT2D eigenvalue weighted by molar-refractivity contribution is 5.78. The molecule has 146 valence electrons. The fraction of sp³-hybridized carbons (Fsp3) is 0.867. The Morgan fingerprint density at radius 3 is 2.16 bits per heavy atom. The number of likely N-dealkylation sites (N-methyl/N-ethyl adjacent to an activating group) is 1. The second-order valence-corrected chi connectivity index (χ2v) is 7.05. The number of alkyl halides is 3. The van der Waals surface area contributed by atoms with Gasteiger partial charge in [0, 0.05) is 32.7 Å². The van der Waals surface area contributed by atoms with Crippen molar-refractivity contribution in [1.29, 1.82) is 0 Å². The molecule has 0 atom stereocenters. The average molecular weight is 367 g/mol. The summed E-state index contributed by atoms with van der Waals surface area (Å²) in [5, 5.41) is 0. The zero-order chi connectivity index (χ0) is 19.3. The van der Waals surface area contributed by atoms with Crippen molar-refractivity contribution in [3.63, 3.8) is 0 Å². The Balaban J connectivity index is 2.37. The predicted octanol–water partition coefficient (Wildman–Crippen LogP) is 1.35. The molecule has 1 amide bonds. The molecule has 1 saturated heterocycles. The Morgan fingerprint density at radius 1 is 1.16 bits per heavy atom. The maximum absolute atomic E-state index is 12.2. The van der Waals surface area contributed by atoms with Crippen molar-refractivity contribution >= 4 is 12.1 Å². The van der Waals surface area contributed by atoms with Crippen LogP contribution in [-0.4, -0.2) is 91.4 Å². The summed E-state index contributed by atoms with van der Waals surface area (Å²) < 4.78 is 42.0. The number of halogens is 3. The summed E-state index contributed by atoms with van der Waals surface area (Å²) >= 11 is 0. The van der Waals surface area contributed by atoms with E-state index >= 15 is 0 Å². The van der Waals surface area contributed by atoms with Gasteiger partial charge in [-0.15, -0.1) is 0 Å². The summed E-state index contributed by atoms with van der Waals surface area (Å²) in [5.74, 6) is 0.282. The van der Waals surface area contributed by atoms with Gasteiger partial charge in [0.05, 0.1) is 13.1 Å². The monoisotopic (exact) mass is 367 g/mol. The zero-order valence-corrected chi connectivity index (χ0v) is 15.3. The molecule has 1 rings (SSSR count). The number of hydrogen-bond acceptors (Lipinski definition) is 4. The standard InChI is InChI=1S/C15H28F3N5O2/c1-14(2,3)25-13(24)23-9-7-22(8-10-23)12(19)20-5-6-21(4)11-15(16,17)18/h5-11H2,1-4H3,(H2,19,20). The van der Waals surface area contributed by atoms with Crippen molar-refractivity contribution < 1.29 is 22.7 Å². The fourth-order valence-corrected chi connectivity index (χ4v) is 2.26. The van der Waals surface area contributed by atoms with E-state index in [1.54, 1.807) is 4.90 Å². The van der Waals surface area contributed by atoms with E-state index in [0.29, 0.717) is 26.2 Å². The first-order valence-corrected chi connectivity index (χ1v) is 8.15. The maximum atomic E-state index is 12.2. The minimum atomic E-state index is -4.22. The molecular weight excluding hydrogens is 339 g/mol. The molecular formula is C15H28F3N5O2. The Kier molecular flexibility index (Phi) is 7.33. The van der Waals surface area contributed by atoms with Crippen LogP contribution in [0.25, 0.3) is 0 Å². The van der Waals surface area contributed by atoms with Crippen molar-refractivity contribution in [3.05, 3.63) is 0 Å². The lowest BCUT2D eigenvalue weighted by atomic mass is 10.2. The number of guanidine groups is 1. The Labute approximate surface area is 146 Å². The minimum Gasteiger partial charge on any atom is -0.444 e. The van der Waals surface area contributed by atoms with Crippen LogP contribution in [0.3, 0.4) is 0 Å². The van der Waals surface area contributed by atoms with E-state index in [-0.39, 0.29) is 25.1 Å². The van der Waals surface area contributed by atoms with E-state index in [4.69, 9.17) is 10.5 Å². The molecule has 2 N–H and O–H groups in total.